The van der Waals surface area contributed by atoms with E-state index in [1.165, 1.54) is 18.4 Å². The molecule has 0 radical (unpaired) electrons. The lowest BCUT2D eigenvalue weighted by Gasteiger charge is -2.25. The molecule has 1 amide bonds. The second-order valence-corrected chi connectivity index (χ2v) is 5.57. The lowest BCUT2D eigenvalue weighted by molar-refractivity contribution is 0.0784. The third-order valence-electron chi connectivity index (χ3n) is 3.98. The Kier molecular flexibility index (Phi) is 4.97. The number of carbonyl (C=O) groups is 1. The Bertz CT molecular complexity index is 407. The zero-order chi connectivity index (χ0) is 13.7. The van der Waals surface area contributed by atoms with Crippen molar-refractivity contribution in [2.24, 2.45) is 5.92 Å². The van der Waals surface area contributed by atoms with Gasteiger partial charge in [-0.1, -0.05) is 17.7 Å². The van der Waals surface area contributed by atoms with E-state index in [-0.39, 0.29) is 5.91 Å². The summed E-state index contributed by atoms with van der Waals surface area (Å²) in [5, 5.41) is 3.38. The fourth-order valence-corrected chi connectivity index (χ4v) is 2.56. The first-order valence-electron chi connectivity index (χ1n) is 7.19. The summed E-state index contributed by atoms with van der Waals surface area (Å²) in [5.41, 5.74) is 1.98. The van der Waals surface area contributed by atoms with Crippen molar-refractivity contribution in [3.63, 3.8) is 0 Å². The number of hydrogen-bond acceptors (Lipinski definition) is 2. The number of nitrogens with one attached hydrogen (secondary N) is 1. The van der Waals surface area contributed by atoms with Gasteiger partial charge >= 0.3 is 0 Å². The molecule has 0 aromatic heterocycles. The number of carbonyl (C=O) groups excluding carboxylic acids is 1. The van der Waals surface area contributed by atoms with E-state index in [1.807, 2.05) is 43.1 Å². The summed E-state index contributed by atoms with van der Waals surface area (Å²) in [6.45, 7) is 5.15. The highest BCUT2D eigenvalue weighted by atomic mass is 16.2. The van der Waals surface area contributed by atoms with E-state index in [1.54, 1.807) is 0 Å². The fraction of sp³-hybridized carbons (Fsp3) is 0.562. The average Bonchev–Trinajstić information content (AvgIpc) is 2.46. The smallest absolute Gasteiger partial charge is 0.253 e. The minimum Gasteiger partial charge on any atom is -0.342 e. The van der Waals surface area contributed by atoms with Gasteiger partial charge in [0.2, 0.25) is 0 Å². The minimum absolute atomic E-state index is 0.133. The van der Waals surface area contributed by atoms with Crippen molar-refractivity contribution in [3.05, 3.63) is 35.4 Å². The third-order valence-corrected chi connectivity index (χ3v) is 3.98. The monoisotopic (exact) mass is 260 g/mol. The van der Waals surface area contributed by atoms with Crippen LogP contribution in [0.3, 0.4) is 0 Å². The lowest BCUT2D eigenvalue weighted by atomic mass is 9.94. The fourth-order valence-electron chi connectivity index (χ4n) is 2.56. The summed E-state index contributed by atoms with van der Waals surface area (Å²) < 4.78 is 0. The molecular formula is C16H24N2O. The summed E-state index contributed by atoms with van der Waals surface area (Å²) in [4.78, 5) is 14.1. The van der Waals surface area contributed by atoms with Crippen LogP contribution in [0.15, 0.2) is 24.3 Å². The highest BCUT2D eigenvalue weighted by Crippen LogP contribution is 2.16. The first kappa shape index (κ1) is 14.1. The highest BCUT2D eigenvalue weighted by Gasteiger charge is 2.16. The van der Waals surface area contributed by atoms with Gasteiger partial charge in [0.1, 0.15) is 0 Å². The van der Waals surface area contributed by atoms with E-state index in [2.05, 4.69) is 5.32 Å². The van der Waals surface area contributed by atoms with Gasteiger partial charge in [0.15, 0.2) is 0 Å². The van der Waals surface area contributed by atoms with Crippen molar-refractivity contribution >= 4 is 5.91 Å². The summed E-state index contributed by atoms with van der Waals surface area (Å²) in [6, 6.07) is 7.82. The van der Waals surface area contributed by atoms with Crippen LogP contribution in [0.2, 0.25) is 0 Å². The quantitative estimate of drug-likeness (QED) is 0.902. The van der Waals surface area contributed by atoms with E-state index < -0.39 is 0 Å². The van der Waals surface area contributed by atoms with Gasteiger partial charge in [-0.2, -0.15) is 0 Å². The lowest BCUT2D eigenvalue weighted by Crippen LogP contribution is -2.32. The van der Waals surface area contributed by atoms with Crippen LogP contribution in [0.5, 0.6) is 0 Å². The van der Waals surface area contributed by atoms with Gasteiger partial charge in [-0.05, 0) is 57.3 Å². The molecule has 0 atom stereocenters. The molecule has 1 saturated heterocycles. The van der Waals surface area contributed by atoms with E-state index in [9.17, 15) is 4.79 Å². The predicted molar refractivity (Wildman–Crippen MR) is 78.4 cm³/mol. The maximum Gasteiger partial charge on any atom is 0.253 e. The highest BCUT2D eigenvalue weighted by molar-refractivity contribution is 5.94. The molecule has 3 heteroatoms. The number of piperidine rings is 1. The van der Waals surface area contributed by atoms with Gasteiger partial charge in [-0.25, -0.2) is 0 Å². The van der Waals surface area contributed by atoms with Crippen LogP contribution in [0, 0.1) is 12.8 Å². The average molecular weight is 260 g/mol. The second kappa shape index (κ2) is 6.71. The molecule has 1 fully saturated rings. The van der Waals surface area contributed by atoms with Gasteiger partial charge in [-0.15, -0.1) is 0 Å². The third kappa shape index (κ3) is 4.06. The van der Waals surface area contributed by atoms with Crippen molar-refractivity contribution in [2.75, 3.05) is 26.7 Å². The van der Waals surface area contributed by atoms with Crippen molar-refractivity contribution in [2.45, 2.75) is 26.2 Å². The zero-order valence-corrected chi connectivity index (χ0v) is 12.0. The van der Waals surface area contributed by atoms with Crippen LogP contribution in [-0.2, 0) is 0 Å². The Labute approximate surface area is 116 Å². The molecule has 0 spiro atoms. The standard InChI is InChI=1S/C16H24N2O/c1-13-3-5-15(6-4-13)16(19)18(2)12-9-14-7-10-17-11-8-14/h3-6,14,17H,7-12H2,1-2H3. The van der Waals surface area contributed by atoms with E-state index in [4.69, 9.17) is 0 Å². The molecule has 0 saturated carbocycles. The molecule has 104 valence electrons. The molecule has 0 bridgehead atoms. The maximum atomic E-state index is 12.2. The topological polar surface area (TPSA) is 32.3 Å². The van der Waals surface area contributed by atoms with E-state index >= 15 is 0 Å². The Hall–Kier alpha value is -1.35. The molecule has 1 aromatic carbocycles. The first-order valence-corrected chi connectivity index (χ1v) is 7.19. The van der Waals surface area contributed by atoms with E-state index in [0.717, 1.165) is 37.5 Å². The van der Waals surface area contributed by atoms with E-state index in [0.29, 0.717) is 0 Å². The molecule has 1 aliphatic heterocycles. The molecule has 0 unspecified atom stereocenters. The zero-order valence-electron chi connectivity index (χ0n) is 12.0. The SMILES string of the molecule is Cc1ccc(C(=O)N(C)CCC2CCNCC2)cc1. The van der Waals surface area contributed by atoms with Gasteiger partial charge in [0.05, 0.1) is 0 Å². The predicted octanol–water partition coefficient (Wildman–Crippen LogP) is 2.46. The molecule has 1 aliphatic rings. The molecule has 1 N–H and O–H groups in total. The van der Waals surface area contributed by atoms with Crippen LogP contribution in [0.25, 0.3) is 0 Å². The Morgan fingerprint density at radius 1 is 1.26 bits per heavy atom. The number of amides is 1. The number of benzene rings is 1. The Morgan fingerprint density at radius 3 is 2.53 bits per heavy atom. The molecule has 3 nitrogen and oxygen atoms in total. The summed E-state index contributed by atoms with van der Waals surface area (Å²) in [5.74, 6) is 0.906. The van der Waals surface area contributed by atoms with Crippen molar-refractivity contribution in [1.29, 1.82) is 0 Å². The summed E-state index contributed by atoms with van der Waals surface area (Å²) in [6.07, 6.45) is 3.61. The van der Waals surface area contributed by atoms with Gasteiger partial charge in [0, 0.05) is 19.2 Å². The van der Waals surface area contributed by atoms with Crippen molar-refractivity contribution in [3.8, 4) is 0 Å². The first-order chi connectivity index (χ1) is 9.16. The summed E-state index contributed by atoms with van der Waals surface area (Å²) in [7, 11) is 1.91. The molecule has 1 aromatic rings. The second-order valence-electron chi connectivity index (χ2n) is 5.57. The van der Waals surface area contributed by atoms with Crippen LogP contribution >= 0.6 is 0 Å². The largest absolute Gasteiger partial charge is 0.342 e. The Morgan fingerprint density at radius 2 is 1.89 bits per heavy atom. The molecule has 0 aliphatic carbocycles. The van der Waals surface area contributed by atoms with Gasteiger partial charge in [-0.3, -0.25) is 4.79 Å². The van der Waals surface area contributed by atoms with Crippen molar-refractivity contribution < 1.29 is 4.79 Å². The molecule has 2 rings (SSSR count). The van der Waals surface area contributed by atoms with Crippen LogP contribution in [0.4, 0.5) is 0 Å². The van der Waals surface area contributed by atoms with Crippen LogP contribution in [-0.4, -0.2) is 37.5 Å². The summed E-state index contributed by atoms with van der Waals surface area (Å²) >= 11 is 0. The number of hydrogen-bond donors (Lipinski definition) is 1. The molecule has 19 heavy (non-hydrogen) atoms. The van der Waals surface area contributed by atoms with Gasteiger partial charge < -0.3 is 10.2 Å². The van der Waals surface area contributed by atoms with Gasteiger partial charge in [0.25, 0.3) is 5.91 Å². The van der Waals surface area contributed by atoms with Crippen LogP contribution < -0.4 is 5.32 Å². The number of rotatable bonds is 4. The molecular weight excluding hydrogens is 236 g/mol. The maximum absolute atomic E-state index is 12.2. The van der Waals surface area contributed by atoms with Crippen molar-refractivity contribution in [1.82, 2.24) is 10.2 Å². The molecule has 1 heterocycles. The normalized spacial score (nSPS) is 16.3. The Balaban J connectivity index is 1.83. The number of nitrogens with zero attached hydrogens (tertiary/aromatic N) is 1. The van der Waals surface area contributed by atoms with Crippen LogP contribution in [0.1, 0.15) is 35.2 Å². The minimum atomic E-state index is 0.133. The number of aryl methyl sites for hydroxylation is 1.